The first-order valence-corrected chi connectivity index (χ1v) is 12.0. The molecule has 0 radical (unpaired) electrons. The number of nitrogens with zero attached hydrogens (tertiary/aromatic N) is 1. The van der Waals surface area contributed by atoms with E-state index in [1.807, 2.05) is 52.0 Å². The van der Waals surface area contributed by atoms with Crippen molar-refractivity contribution in [2.75, 3.05) is 5.75 Å². The van der Waals surface area contributed by atoms with Crippen molar-refractivity contribution in [3.63, 3.8) is 0 Å². The normalized spacial score (nSPS) is 12.3. The van der Waals surface area contributed by atoms with Gasteiger partial charge in [0.25, 0.3) is 0 Å². The van der Waals surface area contributed by atoms with E-state index in [-0.39, 0.29) is 17.4 Å². The summed E-state index contributed by atoms with van der Waals surface area (Å²) in [7, 11) is 0. The molecule has 0 aliphatic rings. The van der Waals surface area contributed by atoms with Crippen LogP contribution in [0.3, 0.4) is 0 Å². The van der Waals surface area contributed by atoms with Gasteiger partial charge in [-0.3, -0.25) is 9.59 Å². The molecule has 1 N–H and O–H groups in total. The number of halogens is 1. The SMILES string of the molecule is CC[C@@H](C(=O)NC(C)(C)C)N(Cc1ccccc1Cl)C(=O)CCSc1ccc(C)cc1. The van der Waals surface area contributed by atoms with Crippen LogP contribution < -0.4 is 5.32 Å². The highest BCUT2D eigenvalue weighted by Gasteiger charge is 2.30. The lowest BCUT2D eigenvalue weighted by Crippen LogP contribution is -2.53. The van der Waals surface area contributed by atoms with Gasteiger partial charge in [0.05, 0.1) is 0 Å². The molecule has 0 aliphatic carbocycles. The lowest BCUT2D eigenvalue weighted by Gasteiger charge is -2.33. The Kier molecular flexibility index (Phi) is 9.45. The van der Waals surface area contributed by atoms with Crippen molar-refractivity contribution >= 4 is 35.2 Å². The van der Waals surface area contributed by atoms with Crippen molar-refractivity contribution in [1.29, 1.82) is 0 Å². The maximum absolute atomic E-state index is 13.3. The van der Waals surface area contributed by atoms with Gasteiger partial charge >= 0.3 is 0 Å². The van der Waals surface area contributed by atoms with Gasteiger partial charge in [0, 0.05) is 34.2 Å². The van der Waals surface area contributed by atoms with E-state index in [0.717, 1.165) is 10.5 Å². The Morgan fingerprint density at radius 3 is 2.32 bits per heavy atom. The van der Waals surface area contributed by atoms with Crippen LogP contribution in [0.25, 0.3) is 0 Å². The fraction of sp³-hybridized carbons (Fsp3) is 0.440. The largest absolute Gasteiger partial charge is 0.350 e. The molecule has 31 heavy (non-hydrogen) atoms. The molecule has 6 heteroatoms. The molecule has 0 saturated carbocycles. The summed E-state index contributed by atoms with van der Waals surface area (Å²) in [6.45, 7) is 10.1. The number of rotatable bonds is 9. The summed E-state index contributed by atoms with van der Waals surface area (Å²) >= 11 is 8.01. The van der Waals surface area contributed by atoms with Gasteiger partial charge in [-0.15, -0.1) is 11.8 Å². The quantitative estimate of drug-likeness (QED) is 0.477. The average Bonchev–Trinajstić information content (AvgIpc) is 2.69. The number of carbonyl (C=O) groups excluding carboxylic acids is 2. The molecule has 2 rings (SSSR count). The predicted molar refractivity (Wildman–Crippen MR) is 130 cm³/mol. The minimum absolute atomic E-state index is 0.0459. The maximum Gasteiger partial charge on any atom is 0.243 e. The van der Waals surface area contributed by atoms with Crippen LogP contribution >= 0.6 is 23.4 Å². The molecule has 0 heterocycles. The minimum Gasteiger partial charge on any atom is -0.350 e. The van der Waals surface area contributed by atoms with E-state index in [0.29, 0.717) is 30.2 Å². The van der Waals surface area contributed by atoms with Crippen molar-refractivity contribution in [1.82, 2.24) is 10.2 Å². The van der Waals surface area contributed by atoms with E-state index >= 15 is 0 Å². The van der Waals surface area contributed by atoms with Crippen molar-refractivity contribution in [3.05, 3.63) is 64.7 Å². The van der Waals surface area contributed by atoms with Crippen LogP contribution in [-0.4, -0.2) is 34.0 Å². The number of thioether (sulfide) groups is 1. The lowest BCUT2D eigenvalue weighted by molar-refractivity contribution is -0.141. The summed E-state index contributed by atoms with van der Waals surface area (Å²) in [4.78, 5) is 29.1. The molecule has 0 aromatic heterocycles. The third kappa shape index (κ3) is 8.23. The fourth-order valence-electron chi connectivity index (χ4n) is 3.22. The monoisotopic (exact) mass is 460 g/mol. The predicted octanol–water partition coefficient (Wildman–Crippen LogP) is 5.85. The Labute approximate surface area is 195 Å². The van der Waals surface area contributed by atoms with Gasteiger partial charge in [0.2, 0.25) is 11.8 Å². The van der Waals surface area contributed by atoms with E-state index in [1.165, 1.54) is 5.56 Å². The van der Waals surface area contributed by atoms with Crippen LogP contribution in [0.2, 0.25) is 5.02 Å². The third-order valence-corrected chi connectivity index (χ3v) is 6.17. The molecule has 2 amide bonds. The Bertz CT molecular complexity index is 878. The van der Waals surface area contributed by atoms with E-state index in [1.54, 1.807) is 16.7 Å². The van der Waals surface area contributed by atoms with Gasteiger partial charge in [-0.25, -0.2) is 0 Å². The van der Waals surface area contributed by atoms with E-state index in [2.05, 4.69) is 36.5 Å². The molecular weight excluding hydrogens is 428 g/mol. The summed E-state index contributed by atoms with van der Waals surface area (Å²) < 4.78 is 0. The second-order valence-corrected chi connectivity index (χ2v) is 10.3. The molecule has 168 valence electrons. The third-order valence-electron chi connectivity index (χ3n) is 4.79. The average molecular weight is 461 g/mol. The molecule has 0 unspecified atom stereocenters. The van der Waals surface area contributed by atoms with Crippen LogP contribution in [0.1, 0.15) is 51.7 Å². The number of nitrogens with one attached hydrogen (secondary N) is 1. The van der Waals surface area contributed by atoms with Crippen molar-refractivity contribution < 1.29 is 9.59 Å². The number of amides is 2. The first-order valence-electron chi connectivity index (χ1n) is 10.6. The van der Waals surface area contributed by atoms with Crippen molar-refractivity contribution in [2.45, 2.75) is 70.5 Å². The smallest absolute Gasteiger partial charge is 0.243 e. The van der Waals surface area contributed by atoms with Gasteiger partial charge in [-0.05, 0) is 57.9 Å². The molecule has 2 aromatic carbocycles. The number of benzene rings is 2. The molecule has 0 bridgehead atoms. The highest BCUT2D eigenvalue weighted by Crippen LogP contribution is 2.23. The van der Waals surface area contributed by atoms with Gasteiger partial charge < -0.3 is 10.2 Å². The van der Waals surface area contributed by atoms with Crippen LogP contribution in [0.5, 0.6) is 0 Å². The standard InChI is InChI=1S/C25H33ClN2O2S/c1-6-22(24(30)27-25(3,4)5)28(17-19-9-7-8-10-21(19)26)23(29)15-16-31-20-13-11-18(2)12-14-20/h7-14,22H,6,15-17H2,1-5H3,(H,27,30)/t22-/m0/s1. The zero-order valence-corrected chi connectivity index (χ0v) is 20.6. The summed E-state index contributed by atoms with van der Waals surface area (Å²) in [6, 6.07) is 15.2. The van der Waals surface area contributed by atoms with Crippen molar-refractivity contribution in [2.24, 2.45) is 0 Å². The second-order valence-electron chi connectivity index (χ2n) is 8.69. The first kappa shape index (κ1) is 25.3. The van der Waals surface area contributed by atoms with Gasteiger partial charge in [0.15, 0.2) is 0 Å². The second kappa shape index (κ2) is 11.6. The van der Waals surface area contributed by atoms with E-state index in [4.69, 9.17) is 11.6 Å². The number of aryl methyl sites for hydroxylation is 1. The van der Waals surface area contributed by atoms with Gasteiger partial charge in [0.1, 0.15) is 6.04 Å². The van der Waals surface area contributed by atoms with Gasteiger partial charge in [-0.1, -0.05) is 54.4 Å². The Balaban J connectivity index is 2.16. The van der Waals surface area contributed by atoms with Crippen LogP contribution in [0.4, 0.5) is 0 Å². The Morgan fingerprint density at radius 2 is 1.74 bits per heavy atom. The van der Waals surface area contributed by atoms with E-state index < -0.39 is 6.04 Å². The molecule has 2 aromatic rings. The minimum atomic E-state index is -0.549. The first-order chi connectivity index (χ1) is 14.6. The highest BCUT2D eigenvalue weighted by molar-refractivity contribution is 7.99. The fourth-order valence-corrected chi connectivity index (χ4v) is 4.25. The summed E-state index contributed by atoms with van der Waals surface area (Å²) in [5, 5.41) is 3.62. The molecule has 0 fully saturated rings. The highest BCUT2D eigenvalue weighted by atomic mass is 35.5. The molecule has 0 saturated heterocycles. The van der Waals surface area contributed by atoms with Crippen LogP contribution in [-0.2, 0) is 16.1 Å². The lowest BCUT2D eigenvalue weighted by atomic mass is 10.1. The summed E-state index contributed by atoms with van der Waals surface area (Å²) in [5.74, 6) is 0.468. The zero-order chi connectivity index (χ0) is 23.0. The number of carbonyl (C=O) groups is 2. The van der Waals surface area contributed by atoms with Crippen LogP contribution in [0.15, 0.2) is 53.4 Å². The molecule has 4 nitrogen and oxygen atoms in total. The summed E-state index contributed by atoms with van der Waals surface area (Å²) in [6.07, 6.45) is 0.880. The maximum atomic E-state index is 13.3. The zero-order valence-electron chi connectivity index (χ0n) is 19.1. The Morgan fingerprint density at radius 1 is 1.10 bits per heavy atom. The topological polar surface area (TPSA) is 49.4 Å². The number of hydrogen-bond acceptors (Lipinski definition) is 3. The van der Waals surface area contributed by atoms with Crippen molar-refractivity contribution in [3.8, 4) is 0 Å². The van der Waals surface area contributed by atoms with Crippen LogP contribution in [0, 0.1) is 6.92 Å². The molecule has 0 spiro atoms. The summed E-state index contributed by atoms with van der Waals surface area (Å²) in [5.41, 5.74) is 1.68. The van der Waals surface area contributed by atoms with E-state index in [9.17, 15) is 9.59 Å². The Hall–Kier alpha value is -1.98. The number of hydrogen-bond donors (Lipinski definition) is 1. The molecular formula is C25H33ClN2O2S. The van der Waals surface area contributed by atoms with Gasteiger partial charge in [-0.2, -0.15) is 0 Å². The molecule has 0 aliphatic heterocycles. The molecule has 1 atom stereocenters.